The molecule has 3 nitrogen and oxygen atoms in total. The molecule has 19 heavy (non-hydrogen) atoms. The molecule has 0 unspecified atom stereocenters. The number of hydrogen-bond acceptors (Lipinski definition) is 4. The summed E-state index contributed by atoms with van der Waals surface area (Å²) >= 11 is 3.95. The molecule has 3 N–H and O–H groups in total. The second-order valence-corrected chi connectivity index (χ2v) is 4.41. The second kappa shape index (κ2) is 6.11. The fourth-order valence-corrected chi connectivity index (χ4v) is 1.77. The molecule has 96 valence electrons. The highest BCUT2D eigenvalue weighted by molar-refractivity contribution is 7.80. The van der Waals surface area contributed by atoms with E-state index in [1.54, 1.807) is 24.4 Å². The number of nitrogens with zero attached hydrogens (tertiary/aromatic N) is 1. The lowest BCUT2D eigenvalue weighted by Crippen LogP contribution is -1.85. The number of nitrogens with two attached hydrogens (primary N) is 1. The van der Waals surface area contributed by atoms with Crippen molar-refractivity contribution in [2.24, 2.45) is 0 Å². The molecular formula is C15H14N2OS. The number of hydrogen-bond donors (Lipinski definition) is 3. The van der Waals surface area contributed by atoms with E-state index in [-0.39, 0.29) is 5.75 Å². The molecule has 0 saturated heterocycles. The van der Waals surface area contributed by atoms with Gasteiger partial charge in [0, 0.05) is 33.7 Å². The minimum Gasteiger partial charge on any atom is -0.507 e. The number of aromatic hydroxyl groups is 1. The van der Waals surface area contributed by atoms with Gasteiger partial charge in [-0.2, -0.15) is 0 Å². The SMILES string of the molecule is Nc1cccc2cnccc12.Oc1ccccc1S. The lowest BCUT2D eigenvalue weighted by Gasteiger charge is -1.98. The Morgan fingerprint density at radius 3 is 2.42 bits per heavy atom. The molecule has 0 spiro atoms. The largest absolute Gasteiger partial charge is 0.507 e. The number of pyridine rings is 1. The molecule has 0 bridgehead atoms. The van der Waals surface area contributed by atoms with Crippen molar-refractivity contribution in [2.45, 2.75) is 4.90 Å². The highest BCUT2D eigenvalue weighted by atomic mass is 32.1. The predicted octanol–water partition coefficient (Wildman–Crippen LogP) is 3.50. The lowest BCUT2D eigenvalue weighted by atomic mass is 10.1. The Bertz CT molecular complexity index is 659. The summed E-state index contributed by atoms with van der Waals surface area (Å²) in [5, 5.41) is 11.0. The van der Waals surface area contributed by atoms with E-state index in [2.05, 4.69) is 17.6 Å². The Labute approximate surface area is 117 Å². The molecule has 0 fully saturated rings. The summed E-state index contributed by atoms with van der Waals surface area (Å²) in [4.78, 5) is 4.62. The molecular weight excluding hydrogens is 256 g/mol. The van der Waals surface area contributed by atoms with E-state index in [0.29, 0.717) is 4.90 Å². The van der Waals surface area contributed by atoms with Crippen LogP contribution in [0.1, 0.15) is 0 Å². The van der Waals surface area contributed by atoms with Crippen LogP contribution in [0.15, 0.2) is 65.8 Å². The first-order valence-electron chi connectivity index (χ1n) is 5.73. The molecule has 0 amide bonds. The summed E-state index contributed by atoms with van der Waals surface area (Å²) in [6.07, 6.45) is 3.56. The first-order valence-corrected chi connectivity index (χ1v) is 6.18. The number of phenolic OH excluding ortho intramolecular Hbond substituents is 1. The number of phenols is 1. The van der Waals surface area contributed by atoms with Gasteiger partial charge in [0.05, 0.1) is 0 Å². The summed E-state index contributed by atoms with van der Waals surface area (Å²) in [6.45, 7) is 0. The van der Waals surface area contributed by atoms with Crippen molar-refractivity contribution in [3.63, 3.8) is 0 Å². The summed E-state index contributed by atoms with van der Waals surface area (Å²) in [7, 11) is 0. The predicted molar refractivity (Wildman–Crippen MR) is 81.5 cm³/mol. The third kappa shape index (κ3) is 3.39. The van der Waals surface area contributed by atoms with E-state index >= 15 is 0 Å². The Morgan fingerprint density at radius 1 is 1.00 bits per heavy atom. The van der Waals surface area contributed by atoms with Crippen LogP contribution in [0.25, 0.3) is 10.8 Å². The molecule has 0 aliphatic carbocycles. The fourth-order valence-electron chi connectivity index (χ4n) is 1.61. The zero-order valence-corrected chi connectivity index (χ0v) is 11.1. The quantitative estimate of drug-likeness (QED) is 0.433. The molecule has 0 radical (unpaired) electrons. The fraction of sp³-hybridized carbons (Fsp3) is 0. The van der Waals surface area contributed by atoms with Crippen LogP contribution in [-0.4, -0.2) is 10.1 Å². The van der Waals surface area contributed by atoms with Crippen LogP contribution in [0.5, 0.6) is 5.75 Å². The summed E-state index contributed by atoms with van der Waals surface area (Å²) < 4.78 is 0. The minimum absolute atomic E-state index is 0.232. The van der Waals surface area contributed by atoms with Gasteiger partial charge >= 0.3 is 0 Å². The van der Waals surface area contributed by atoms with Crippen LogP contribution in [0.2, 0.25) is 0 Å². The molecule has 2 aromatic carbocycles. The third-order valence-electron chi connectivity index (χ3n) is 2.60. The molecule has 3 aromatic rings. The molecule has 0 saturated carbocycles. The first-order chi connectivity index (χ1) is 9.18. The van der Waals surface area contributed by atoms with Gasteiger partial charge in [-0.05, 0) is 24.3 Å². The molecule has 0 aliphatic rings. The summed E-state index contributed by atoms with van der Waals surface area (Å²) in [6, 6.07) is 14.7. The van der Waals surface area contributed by atoms with Gasteiger partial charge in [-0.1, -0.05) is 24.3 Å². The second-order valence-electron chi connectivity index (χ2n) is 3.93. The number of para-hydroxylation sites is 1. The van der Waals surface area contributed by atoms with Crippen LogP contribution < -0.4 is 5.73 Å². The van der Waals surface area contributed by atoms with Crippen molar-refractivity contribution in [1.82, 2.24) is 4.98 Å². The Hall–Kier alpha value is -2.20. The smallest absolute Gasteiger partial charge is 0.128 e. The van der Waals surface area contributed by atoms with Gasteiger partial charge in [-0.15, -0.1) is 12.6 Å². The van der Waals surface area contributed by atoms with E-state index in [4.69, 9.17) is 10.8 Å². The van der Waals surface area contributed by atoms with Crippen LogP contribution >= 0.6 is 12.6 Å². The summed E-state index contributed by atoms with van der Waals surface area (Å²) in [5.41, 5.74) is 6.54. The van der Waals surface area contributed by atoms with Crippen molar-refractivity contribution in [3.8, 4) is 5.75 Å². The van der Waals surface area contributed by atoms with Crippen LogP contribution in [0.3, 0.4) is 0 Å². The number of anilines is 1. The lowest BCUT2D eigenvalue weighted by molar-refractivity contribution is 0.463. The highest BCUT2D eigenvalue weighted by Crippen LogP contribution is 2.18. The third-order valence-corrected chi connectivity index (χ3v) is 2.97. The number of thiol groups is 1. The standard InChI is InChI=1S/C9H8N2.C6H6OS/c10-9-3-1-2-7-6-11-5-4-8(7)9;7-5-3-1-2-4-6(5)8/h1-6H,10H2;1-4,7-8H. The zero-order chi connectivity index (χ0) is 13.7. The van der Waals surface area contributed by atoms with Crippen molar-refractivity contribution in [3.05, 3.63) is 60.9 Å². The topological polar surface area (TPSA) is 59.1 Å². The van der Waals surface area contributed by atoms with E-state index in [0.717, 1.165) is 16.5 Å². The van der Waals surface area contributed by atoms with Gasteiger partial charge in [0.25, 0.3) is 0 Å². The van der Waals surface area contributed by atoms with Crippen LogP contribution in [-0.2, 0) is 0 Å². The Kier molecular flexibility index (Phi) is 4.26. The molecule has 3 rings (SSSR count). The first kappa shape index (κ1) is 13.2. The van der Waals surface area contributed by atoms with E-state index in [9.17, 15) is 0 Å². The van der Waals surface area contributed by atoms with E-state index in [1.165, 1.54) is 0 Å². The van der Waals surface area contributed by atoms with Crippen molar-refractivity contribution < 1.29 is 5.11 Å². The van der Waals surface area contributed by atoms with Gasteiger partial charge in [-0.3, -0.25) is 4.98 Å². The number of fused-ring (bicyclic) bond motifs is 1. The molecule has 4 heteroatoms. The number of nitrogen functional groups attached to an aromatic ring is 1. The number of rotatable bonds is 0. The molecule has 0 aliphatic heterocycles. The average molecular weight is 270 g/mol. The monoisotopic (exact) mass is 270 g/mol. The van der Waals surface area contributed by atoms with Gasteiger partial charge in [0.1, 0.15) is 5.75 Å². The van der Waals surface area contributed by atoms with Crippen molar-refractivity contribution in [1.29, 1.82) is 0 Å². The van der Waals surface area contributed by atoms with E-state index < -0.39 is 0 Å². The van der Waals surface area contributed by atoms with Gasteiger partial charge < -0.3 is 10.8 Å². The van der Waals surface area contributed by atoms with E-state index in [1.807, 2.05) is 36.5 Å². The van der Waals surface area contributed by atoms with Crippen LogP contribution in [0, 0.1) is 0 Å². The zero-order valence-electron chi connectivity index (χ0n) is 10.2. The summed E-state index contributed by atoms with van der Waals surface area (Å²) in [5.74, 6) is 0.232. The minimum atomic E-state index is 0.232. The van der Waals surface area contributed by atoms with Crippen LogP contribution in [0.4, 0.5) is 5.69 Å². The maximum atomic E-state index is 8.84. The normalized spacial score (nSPS) is 9.74. The maximum Gasteiger partial charge on any atom is 0.128 e. The molecule has 0 atom stereocenters. The van der Waals surface area contributed by atoms with Crippen molar-refractivity contribution in [2.75, 3.05) is 5.73 Å². The van der Waals surface area contributed by atoms with Gasteiger partial charge in [0.15, 0.2) is 0 Å². The molecule has 1 heterocycles. The molecule has 1 aromatic heterocycles. The van der Waals surface area contributed by atoms with Gasteiger partial charge in [-0.25, -0.2) is 0 Å². The number of aromatic nitrogens is 1. The Balaban J connectivity index is 0.000000148. The average Bonchev–Trinajstić information content (AvgIpc) is 2.44. The Morgan fingerprint density at radius 2 is 1.79 bits per heavy atom. The van der Waals surface area contributed by atoms with Crippen molar-refractivity contribution >= 4 is 29.1 Å². The highest BCUT2D eigenvalue weighted by Gasteiger charge is 1.93. The van der Waals surface area contributed by atoms with Gasteiger partial charge in [0.2, 0.25) is 0 Å². The maximum absolute atomic E-state index is 8.84. The number of benzene rings is 2.